The number of hydrogen-bond acceptors (Lipinski definition) is 3. The molecule has 2 amide bonds. The third-order valence-corrected chi connectivity index (χ3v) is 5.48. The zero-order valence-corrected chi connectivity index (χ0v) is 15.6. The number of carbonyl (C=O) groups excluding carboxylic acids is 2. The number of amides is 2. The summed E-state index contributed by atoms with van der Waals surface area (Å²) >= 11 is 0. The van der Waals surface area contributed by atoms with Crippen LogP contribution in [0.3, 0.4) is 0 Å². The smallest absolute Gasteiger partial charge is 0.249 e. The second-order valence-electron chi connectivity index (χ2n) is 7.34. The molecule has 1 N–H and O–H groups in total. The summed E-state index contributed by atoms with van der Waals surface area (Å²) in [4.78, 5) is 25.4. The second kappa shape index (κ2) is 7.39. The molecule has 150 valence electrons. The summed E-state index contributed by atoms with van der Waals surface area (Å²) in [7, 11) is 0. The number of fused-ring (bicyclic) bond motifs is 1. The van der Waals surface area contributed by atoms with Crippen LogP contribution in [0, 0.1) is 11.6 Å². The van der Waals surface area contributed by atoms with E-state index in [1.807, 2.05) is 4.90 Å². The Morgan fingerprint density at radius 1 is 1.17 bits per heavy atom. The zero-order valence-electron chi connectivity index (χ0n) is 15.6. The molecule has 1 saturated heterocycles. The molecule has 2 aliphatic heterocycles. The second-order valence-corrected chi connectivity index (χ2v) is 7.34. The van der Waals surface area contributed by atoms with Crippen LogP contribution in [0.2, 0.25) is 0 Å². The van der Waals surface area contributed by atoms with Crippen LogP contribution in [-0.2, 0) is 22.6 Å². The monoisotopic (exact) mass is 400 g/mol. The van der Waals surface area contributed by atoms with Gasteiger partial charge in [-0.2, -0.15) is 0 Å². The Kier molecular flexibility index (Phi) is 4.90. The number of alkyl halides is 1. The van der Waals surface area contributed by atoms with Gasteiger partial charge in [-0.3, -0.25) is 14.9 Å². The van der Waals surface area contributed by atoms with Gasteiger partial charge in [0.2, 0.25) is 11.8 Å². The molecule has 0 aliphatic carbocycles. The van der Waals surface area contributed by atoms with Crippen molar-refractivity contribution in [1.29, 1.82) is 0 Å². The van der Waals surface area contributed by atoms with Gasteiger partial charge in [0.15, 0.2) is 0 Å². The predicted octanol–water partition coefficient (Wildman–Crippen LogP) is 3.81. The lowest BCUT2D eigenvalue weighted by Gasteiger charge is -2.31. The molecule has 0 radical (unpaired) electrons. The first kappa shape index (κ1) is 19.2. The van der Waals surface area contributed by atoms with Crippen LogP contribution in [0.1, 0.15) is 41.3 Å². The van der Waals surface area contributed by atoms with Crippen molar-refractivity contribution in [2.75, 3.05) is 0 Å². The minimum Gasteiger partial charge on any atom is -0.355 e. The van der Waals surface area contributed by atoms with Crippen molar-refractivity contribution >= 4 is 17.5 Å². The number of hydrogen-bond donors (Lipinski definition) is 1. The quantitative estimate of drug-likeness (QED) is 0.794. The van der Waals surface area contributed by atoms with Crippen LogP contribution in [0.25, 0.3) is 5.70 Å². The molecule has 2 unspecified atom stereocenters. The van der Waals surface area contributed by atoms with E-state index < -0.39 is 29.4 Å². The fourth-order valence-electron chi connectivity index (χ4n) is 4.02. The molecule has 1 fully saturated rings. The van der Waals surface area contributed by atoms with Gasteiger partial charge in [0.25, 0.3) is 0 Å². The van der Waals surface area contributed by atoms with Crippen molar-refractivity contribution < 1.29 is 22.8 Å². The number of imide groups is 1. The lowest BCUT2D eigenvalue weighted by molar-refractivity contribution is -0.136. The first-order valence-electron chi connectivity index (χ1n) is 9.34. The molecule has 0 spiro atoms. The number of nitrogens with zero attached hydrogens (tertiary/aromatic N) is 1. The zero-order chi connectivity index (χ0) is 20.7. The number of carbonyl (C=O) groups is 2. The maximum atomic E-state index is 14.6. The highest BCUT2D eigenvalue weighted by atomic mass is 19.2. The molecule has 2 aromatic carbocycles. The van der Waals surface area contributed by atoms with E-state index in [1.165, 1.54) is 6.07 Å². The number of rotatable bonds is 4. The van der Waals surface area contributed by atoms with Gasteiger partial charge in [-0.25, -0.2) is 13.2 Å². The van der Waals surface area contributed by atoms with E-state index in [-0.39, 0.29) is 24.7 Å². The maximum absolute atomic E-state index is 14.6. The van der Waals surface area contributed by atoms with Crippen LogP contribution in [-0.4, -0.2) is 22.8 Å². The van der Waals surface area contributed by atoms with E-state index in [9.17, 15) is 22.8 Å². The van der Waals surface area contributed by atoms with E-state index in [1.54, 1.807) is 18.2 Å². The summed E-state index contributed by atoms with van der Waals surface area (Å²) in [5, 5.41) is 2.34. The van der Waals surface area contributed by atoms with Crippen LogP contribution < -0.4 is 5.32 Å². The highest BCUT2D eigenvalue weighted by molar-refractivity contribution is 6.01. The summed E-state index contributed by atoms with van der Waals surface area (Å²) in [5.74, 6) is -2.45. The SMILES string of the molecule is C=C1c2ccc(CC(F)c3c(F)cccc3F)cc2CN1C1CCC(=O)NC1=O. The van der Waals surface area contributed by atoms with Crippen molar-refractivity contribution in [3.8, 4) is 0 Å². The van der Waals surface area contributed by atoms with Crippen molar-refractivity contribution in [2.24, 2.45) is 0 Å². The van der Waals surface area contributed by atoms with E-state index in [0.29, 0.717) is 24.2 Å². The van der Waals surface area contributed by atoms with Gasteiger partial charge in [0, 0.05) is 30.6 Å². The largest absolute Gasteiger partial charge is 0.355 e. The molecule has 0 bridgehead atoms. The predicted molar refractivity (Wildman–Crippen MR) is 101 cm³/mol. The van der Waals surface area contributed by atoms with E-state index >= 15 is 0 Å². The van der Waals surface area contributed by atoms with Crippen LogP contribution in [0.15, 0.2) is 43.0 Å². The van der Waals surface area contributed by atoms with Crippen LogP contribution >= 0.6 is 0 Å². The maximum Gasteiger partial charge on any atom is 0.249 e. The molecule has 2 aromatic rings. The van der Waals surface area contributed by atoms with Gasteiger partial charge in [0.1, 0.15) is 23.8 Å². The number of nitrogens with one attached hydrogen (secondary N) is 1. The Balaban J connectivity index is 1.53. The molecule has 2 heterocycles. The van der Waals surface area contributed by atoms with Gasteiger partial charge in [-0.1, -0.05) is 30.8 Å². The molecule has 29 heavy (non-hydrogen) atoms. The summed E-state index contributed by atoms with van der Waals surface area (Å²) in [6.45, 7) is 4.46. The van der Waals surface area contributed by atoms with E-state index in [0.717, 1.165) is 23.3 Å². The highest BCUT2D eigenvalue weighted by Crippen LogP contribution is 2.36. The van der Waals surface area contributed by atoms with Crippen molar-refractivity contribution in [2.45, 2.75) is 38.0 Å². The Hall–Kier alpha value is -3.09. The van der Waals surface area contributed by atoms with Crippen LogP contribution in [0.4, 0.5) is 13.2 Å². The number of halogens is 3. The lowest BCUT2D eigenvalue weighted by atomic mass is 9.98. The van der Waals surface area contributed by atoms with Gasteiger partial charge >= 0.3 is 0 Å². The normalized spacial score (nSPS) is 19.9. The molecule has 4 rings (SSSR count). The Morgan fingerprint density at radius 2 is 1.90 bits per heavy atom. The van der Waals surface area contributed by atoms with Gasteiger partial charge in [0.05, 0.1) is 5.56 Å². The van der Waals surface area contributed by atoms with Gasteiger partial charge < -0.3 is 4.90 Å². The van der Waals surface area contributed by atoms with Gasteiger partial charge in [-0.15, -0.1) is 0 Å². The average molecular weight is 400 g/mol. The minimum atomic E-state index is -1.81. The summed E-state index contributed by atoms with van der Waals surface area (Å²) in [6, 6.07) is 8.04. The average Bonchev–Trinajstić information content (AvgIpc) is 2.97. The summed E-state index contributed by atoms with van der Waals surface area (Å²) < 4.78 is 42.3. The van der Waals surface area contributed by atoms with E-state index in [4.69, 9.17) is 0 Å². The Labute approximate surface area is 166 Å². The first-order valence-corrected chi connectivity index (χ1v) is 9.34. The van der Waals surface area contributed by atoms with Crippen LogP contribution in [0.5, 0.6) is 0 Å². The third-order valence-electron chi connectivity index (χ3n) is 5.48. The number of benzene rings is 2. The summed E-state index contributed by atoms with van der Waals surface area (Å²) in [5.41, 5.74) is 2.39. The van der Waals surface area contributed by atoms with Crippen molar-refractivity contribution in [3.63, 3.8) is 0 Å². The standard InChI is InChI=1S/C22H19F3N2O2/c1-12-15-6-5-13(10-18(25)21-16(23)3-2-4-17(21)24)9-14(15)11-27(12)19-7-8-20(28)26-22(19)29/h2-6,9,18-19H,1,7-8,10-11H2,(H,26,28,29). The molecule has 0 aromatic heterocycles. The molecule has 0 saturated carbocycles. The fraction of sp³-hybridized carbons (Fsp3) is 0.273. The number of piperidine rings is 1. The Bertz CT molecular complexity index is 1000. The lowest BCUT2D eigenvalue weighted by Crippen LogP contribution is -2.50. The van der Waals surface area contributed by atoms with Gasteiger partial charge in [-0.05, 0) is 29.7 Å². The molecular weight excluding hydrogens is 381 g/mol. The molecule has 2 aliphatic rings. The molecule has 2 atom stereocenters. The third kappa shape index (κ3) is 3.52. The molecular formula is C22H19F3N2O2. The first-order chi connectivity index (χ1) is 13.8. The molecule has 7 heteroatoms. The minimum absolute atomic E-state index is 0.171. The highest BCUT2D eigenvalue weighted by Gasteiger charge is 2.36. The van der Waals surface area contributed by atoms with Crippen molar-refractivity contribution in [3.05, 3.63) is 76.9 Å². The van der Waals surface area contributed by atoms with E-state index in [2.05, 4.69) is 11.9 Å². The fourth-order valence-corrected chi connectivity index (χ4v) is 4.02. The van der Waals surface area contributed by atoms with Crippen molar-refractivity contribution in [1.82, 2.24) is 10.2 Å². The topological polar surface area (TPSA) is 49.4 Å². The Morgan fingerprint density at radius 3 is 2.59 bits per heavy atom. The summed E-state index contributed by atoms with van der Waals surface area (Å²) in [6.07, 6.45) is -1.32. The molecule has 4 nitrogen and oxygen atoms in total.